The molecule has 2 heterocycles. The van der Waals surface area contributed by atoms with Crippen molar-refractivity contribution in [3.63, 3.8) is 0 Å². The number of nitrogens with one attached hydrogen (secondary N) is 2. The van der Waals surface area contributed by atoms with Gasteiger partial charge in [-0.25, -0.2) is 0 Å². The fourth-order valence-corrected chi connectivity index (χ4v) is 7.51. The fourth-order valence-electron chi connectivity index (χ4n) is 7.51. The van der Waals surface area contributed by atoms with E-state index in [0.717, 1.165) is 87.1 Å². The van der Waals surface area contributed by atoms with Crippen LogP contribution in [0.1, 0.15) is 84.5 Å². The van der Waals surface area contributed by atoms with Crippen LogP contribution in [-0.2, 0) is 14.3 Å². The summed E-state index contributed by atoms with van der Waals surface area (Å²) in [4.78, 5) is 25.9. The van der Waals surface area contributed by atoms with Gasteiger partial charge in [0.15, 0.2) is 0 Å². The lowest BCUT2D eigenvalue weighted by molar-refractivity contribution is -0.112. The van der Waals surface area contributed by atoms with Crippen molar-refractivity contribution in [2.75, 3.05) is 32.8 Å². The van der Waals surface area contributed by atoms with E-state index in [4.69, 9.17) is 4.74 Å². The summed E-state index contributed by atoms with van der Waals surface area (Å²) < 4.78 is 6.31. The van der Waals surface area contributed by atoms with Crippen LogP contribution in [0.25, 0.3) is 0 Å². The molecule has 0 aromatic heterocycles. The van der Waals surface area contributed by atoms with Crippen LogP contribution in [0.4, 0.5) is 0 Å². The van der Waals surface area contributed by atoms with Crippen LogP contribution >= 0.6 is 0 Å². The standard InChI is InChI=1S/C32H51N3O3/c1-3-5-30-25(20-36)16-26(21-37)31(34-30)10-13-33-27-11-14-35(15-12-27)19-24-17-28(22-6-7-22)29(23-8-9-23)18-32(24)38-4-2/h18,20-25,27-28,30,32-34H,3-17,19H2,1-2H3/t24?,25-,28?,30-,32-/m0/s1. The van der Waals surface area contributed by atoms with Crippen molar-refractivity contribution in [3.05, 3.63) is 22.9 Å². The molecule has 2 aliphatic heterocycles. The molecule has 3 fully saturated rings. The van der Waals surface area contributed by atoms with E-state index in [0.29, 0.717) is 24.5 Å². The van der Waals surface area contributed by atoms with E-state index in [1.165, 1.54) is 51.5 Å². The molecule has 2 saturated carbocycles. The lowest BCUT2D eigenvalue weighted by Gasteiger charge is -2.40. The van der Waals surface area contributed by atoms with Gasteiger partial charge in [-0.05, 0) is 95.6 Å². The van der Waals surface area contributed by atoms with Crippen LogP contribution in [0, 0.1) is 29.6 Å². The van der Waals surface area contributed by atoms with Gasteiger partial charge < -0.3 is 25.1 Å². The maximum Gasteiger partial charge on any atom is 0.147 e. The number of nitrogens with zero attached hydrogens (tertiary/aromatic N) is 1. The molecule has 0 spiro atoms. The van der Waals surface area contributed by atoms with Crippen molar-refractivity contribution in [2.45, 2.75) is 103 Å². The molecule has 0 amide bonds. The van der Waals surface area contributed by atoms with Gasteiger partial charge >= 0.3 is 0 Å². The van der Waals surface area contributed by atoms with E-state index < -0.39 is 0 Å². The van der Waals surface area contributed by atoms with E-state index in [-0.39, 0.29) is 12.0 Å². The molecule has 5 aliphatic rings. The van der Waals surface area contributed by atoms with Gasteiger partial charge in [-0.2, -0.15) is 0 Å². The molecule has 0 bridgehead atoms. The lowest BCUT2D eigenvalue weighted by atomic mass is 9.75. The minimum atomic E-state index is -0.0852. The largest absolute Gasteiger partial charge is 0.385 e. The maximum absolute atomic E-state index is 11.7. The molecule has 38 heavy (non-hydrogen) atoms. The summed E-state index contributed by atoms with van der Waals surface area (Å²) in [6.45, 7) is 9.46. The zero-order valence-electron chi connectivity index (χ0n) is 23.8. The average molecular weight is 526 g/mol. The van der Waals surface area contributed by atoms with Crippen LogP contribution < -0.4 is 10.6 Å². The Morgan fingerprint density at radius 3 is 2.53 bits per heavy atom. The van der Waals surface area contributed by atoms with Crippen molar-refractivity contribution >= 4 is 12.6 Å². The van der Waals surface area contributed by atoms with Crippen LogP contribution in [0.5, 0.6) is 0 Å². The predicted molar refractivity (Wildman–Crippen MR) is 152 cm³/mol. The van der Waals surface area contributed by atoms with Gasteiger partial charge in [-0.1, -0.05) is 25.0 Å². The average Bonchev–Trinajstić information content (AvgIpc) is 3.84. The number of aldehydes is 2. The summed E-state index contributed by atoms with van der Waals surface area (Å²) in [7, 11) is 0. The second-order valence-corrected chi connectivity index (χ2v) is 12.7. The summed E-state index contributed by atoms with van der Waals surface area (Å²) in [5, 5.41) is 7.32. The van der Waals surface area contributed by atoms with Crippen LogP contribution in [0.3, 0.4) is 0 Å². The van der Waals surface area contributed by atoms with Crippen LogP contribution in [0.2, 0.25) is 0 Å². The monoisotopic (exact) mass is 525 g/mol. The van der Waals surface area contributed by atoms with Crippen molar-refractivity contribution in [3.8, 4) is 0 Å². The highest BCUT2D eigenvalue weighted by Gasteiger charge is 2.44. The molecule has 3 aliphatic carbocycles. The smallest absolute Gasteiger partial charge is 0.147 e. The molecule has 2 unspecified atom stereocenters. The first-order chi connectivity index (χ1) is 18.6. The van der Waals surface area contributed by atoms with Crippen LogP contribution in [0.15, 0.2) is 22.9 Å². The summed E-state index contributed by atoms with van der Waals surface area (Å²) in [6, 6.07) is 0.702. The Hall–Kier alpha value is -1.50. The third-order valence-corrected chi connectivity index (χ3v) is 9.93. The number of likely N-dealkylation sites (tertiary alicyclic amines) is 1. The molecule has 212 valence electrons. The second-order valence-electron chi connectivity index (χ2n) is 12.7. The van der Waals surface area contributed by atoms with E-state index in [9.17, 15) is 9.59 Å². The number of hydrogen-bond acceptors (Lipinski definition) is 6. The molecule has 6 heteroatoms. The minimum Gasteiger partial charge on any atom is -0.385 e. The number of carbonyl (C=O) groups is 2. The topological polar surface area (TPSA) is 70.7 Å². The summed E-state index contributed by atoms with van der Waals surface area (Å²) in [5.74, 6) is 3.21. The van der Waals surface area contributed by atoms with E-state index in [1.807, 2.05) is 0 Å². The van der Waals surface area contributed by atoms with E-state index in [2.05, 4.69) is 35.5 Å². The van der Waals surface area contributed by atoms with Crippen molar-refractivity contribution < 1.29 is 14.3 Å². The Morgan fingerprint density at radius 1 is 1.11 bits per heavy atom. The van der Waals surface area contributed by atoms with Crippen molar-refractivity contribution in [1.82, 2.24) is 15.5 Å². The molecule has 6 nitrogen and oxygen atoms in total. The Bertz CT molecular complexity index is 869. The number of carbonyl (C=O) groups excluding carboxylic acids is 2. The fraction of sp³-hybridized carbons (Fsp3) is 0.812. The molecular formula is C32H51N3O3. The highest BCUT2D eigenvalue weighted by molar-refractivity contribution is 5.76. The van der Waals surface area contributed by atoms with E-state index >= 15 is 0 Å². The van der Waals surface area contributed by atoms with Gasteiger partial charge in [0, 0.05) is 61.3 Å². The van der Waals surface area contributed by atoms with Crippen molar-refractivity contribution in [2.24, 2.45) is 29.6 Å². The molecule has 0 radical (unpaired) electrons. The number of allylic oxidation sites excluding steroid dienone is 2. The summed E-state index contributed by atoms with van der Waals surface area (Å²) in [6.07, 6.45) is 17.7. The highest BCUT2D eigenvalue weighted by atomic mass is 16.5. The van der Waals surface area contributed by atoms with Gasteiger partial charge in [-0.3, -0.25) is 4.79 Å². The van der Waals surface area contributed by atoms with Crippen molar-refractivity contribution in [1.29, 1.82) is 0 Å². The van der Waals surface area contributed by atoms with E-state index in [1.54, 1.807) is 5.57 Å². The molecule has 0 aromatic carbocycles. The number of rotatable bonds is 14. The zero-order chi connectivity index (χ0) is 26.5. The zero-order valence-corrected chi connectivity index (χ0v) is 23.8. The molecule has 2 N–H and O–H groups in total. The number of piperidine rings is 1. The van der Waals surface area contributed by atoms with Gasteiger partial charge in [0.2, 0.25) is 0 Å². The number of ether oxygens (including phenoxy) is 1. The Kier molecular flexibility index (Phi) is 9.77. The molecular weight excluding hydrogens is 474 g/mol. The third-order valence-electron chi connectivity index (χ3n) is 9.93. The third kappa shape index (κ3) is 6.98. The first-order valence-electron chi connectivity index (χ1n) is 15.8. The minimum absolute atomic E-state index is 0.0852. The lowest BCUT2D eigenvalue weighted by Crippen LogP contribution is -2.47. The van der Waals surface area contributed by atoms with Gasteiger partial charge in [-0.15, -0.1) is 0 Å². The molecule has 1 saturated heterocycles. The molecule has 5 atom stereocenters. The normalized spacial score (nSPS) is 33.1. The maximum atomic E-state index is 11.7. The van der Waals surface area contributed by atoms with Gasteiger partial charge in [0.1, 0.15) is 12.6 Å². The molecule has 0 aromatic rings. The number of hydrogen-bond donors (Lipinski definition) is 2. The Labute approximate surface area is 230 Å². The summed E-state index contributed by atoms with van der Waals surface area (Å²) >= 11 is 0. The van der Waals surface area contributed by atoms with Crippen LogP contribution in [-0.4, -0.2) is 68.4 Å². The molecule has 5 rings (SSSR count). The Morgan fingerprint density at radius 2 is 1.89 bits per heavy atom. The SMILES string of the molecule is CCC[C@@H]1NC(CCNC2CCN(CC3CC(C4CC4)C(C4CC4)=C[C@@H]3OCC)CC2)=C(C=O)C[C@H]1C=O. The first-order valence-corrected chi connectivity index (χ1v) is 15.8. The second kappa shape index (κ2) is 13.2. The quantitative estimate of drug-likeness (QED) is 0.254. The predicted octanol–water partition coefficient (Wildman–Crippen LogP) is 4.65. The van der Waals surface area contributed by atoms with Gasteiger partial charge in [0.25, 0.3) is 0 Å². The Balaban J connectivity index is 1.08. The van der Waals surface area contributed by atoms with Gasteiger partial charge in [0.05, 0.1) is 6.10 Å². The summed E-state index contributed by atoms with van der Waals surface area (Å²) in [5.41, 5.74) is 3.60. The first kappa shape index (κ1) is 28.0. The highest BCUT2D eigenvalue weighted by Crippen LogP contribution is 2.53.